The molecule has 21 heavy (non-hydrogen) atoms. The number of benzene rings is 2. The summed E-state index contributed by atoms with van der Waals surface area (Å²) in [5, 5.41) is 0. The van der Waals surface area contributed by atoms with Gasteiger partial charge in [-0.25, -0.2) is 8.78 Å². The monoisotopic (exact) mass is 355 g/mol. The number of hydrogen-bond donors (Lipinski definition) is 1. The Balaban J connectivity index is 2.43. The summed E-state index contributed by atoms with van der Waals surface area (Å²) in [6.45, 7) is 2.33. The van der Waals surface area contributed by atoms with Crippen LogP contribution in [0.5, 0.6) is 5.75 Å². The molecule has 0 aromatic heterocycles. The number of nitrogen functional groups attached to an aromatic ring is 1. The van der Waals surface area contributed by atoms with Crippen LogP contribution >= 0.6 is 15.9 Å². The Morgan fingerprint density at radius 3 is 2.52 bits per heavy atom. The lowest BCUT2D eigenvalue weighted by molar-refractivity contribution is 0.103. The second-order valence-corrected chi connectivity index (χ2v) is 5.11. The van der Waals surface area contributed by atoms with Crippen LogP contribution in [0, 0.1) is 11.6 Å². The van der Waals surface area contributed by atoms with Crippen molar-refractivity contribution in [2.45, 2.75) is 6.92 Å². The third-order valence-electron chi connectivity index (χ3n) is 2.83. The normalized spacial score (nSPS) is 10.5. The van der Waals surface area contributed by atoms with Crippen molar-refractivity contribution in [2.75, 3.05) is 12.3 Å². The molecule has 0 aliphatic rings. The number of ketones is 1. The minimum absolute atomic E-state index is 0.239. The van der Waals surface area contributed by atoms with Gasteiger partial charge < -0.3 is 10.5 Å². The molecule has 110 valence electrons. The zero-order chi connectivity index (χ0) is 15.6. The minimum Gasteiger partial charge on any atom is -0.494 e. The van der Waals surface area contributed by atoms with Crippen molar-refractivity contribution in [3.63, 3.8) is 0 Å². The van der Waals surface area contributed by atoms with Crippen LogP contribution < -0.4 is 10.5 Å². The first-order valence-electron chi connectivity index (χ1n) is 6.15. The van der Waals surface area contributed by atoms with E-state index in [0.29, 0.717) is 22.9 Å². The van der Waals surface area contributed by atoms with Gasteiger partial charge >= 0.3 is 0 Å². The van der Waals surface area contributed by atoms with Crippen molar-refractivity contribution in [1.82, 2.24) is 0 Å². The Kier molecular flexibility index (Phi) is 4.57. The summed E-state index contributed by atoms with van der Waals surface area (Å²) in [4.78, 5) is 12.3. The molecule has 0 bridgehead atoms. The van der Waals surface area contributed by atoms with Crippen molar-refractivity contribution in [1.29, 1.82) is 0 Å². The number of rotatable bonds is 4. The summed E-state index contributed by atoms with van der Waals surface area (Å²) in [6.07, 6.45) is 0. The average Bonchev–Trinajstić information content (AvgIpc) is 2.43. The summed E-state index contributed by atoms with van der Waals surface area (Å²) in [5.41, 5.74) is 5.07. The van der Waals surface area contributed by atoms with Gasteiger partial charge in [0.25, 0.3) is 0 Å². The molecule has 0 fully saturated rings. The minimum atomic E-state index is -0.951. The summed E-state index contributed by atoms with van der Waals surface area (Å²) < 4.78 is 32.6. The molecule has 2 rings (SSSR count). The highest BCUT2D eigenvalue weighted by Crippen LogP contribution is 2.27. The summed E-state index contributed by atoms with van der Waals surface area (Å²) in [5.74, 6) is -1.85. The molecule has 0 spiro atoms. The molecule has 0 radical (unpaired) electrons. The second-order valence-electron chi connectivity index (χ2n) is 4.26. The molecule has 0 aliphatic heterocycles. The first kappa shape index (κ1) is 15.4. The molecule has 3 nitrogen and oxygen atoms in total. The average molecular weight is 356 g/mol. The lowest BCUT2D eigenvalue weighted by Crippen LogP contribution is -2.07. The van der Waals surface area contributed by atoms with Gasteiger partial charge in [-0.2, -0.15) is 0 Å². The number of halogens is 3. The van der Waals surface area contributed by atoms with Crippen LogP contribution in [0.3, 0.4) is 0 Å². The molecule has 2 aromatic carbocycles. The first-order valence-corrected chi connectivity index (χ1v) is 6.95. The van der Waals surface area contributed by atoms with Gasteiger partial charge in [-0.05, 0) is 47.1 Å². The van der Waals surface area contributed by atoms with Crippen molar-refractivity contribution >= 4 is 27.4 Å². The molecule has 6 heteroatoms. The lowest BCUT2D eigenvalue weighted by Gasteiger charge is -2.09. The molecule has 0 aliphatic carbocycles. The van der Waals surface area contributed by atoms with Gasteiger partial charge in [-0.1, -0.05) is 0 Å². The van der Waals surface area contributed by atoms with Crippen LogP contribution in [-0.4, -0.2) is 12.4 Å². The zero-order valence-electron chi connectivity index (χ0n) is 11.1. The Hall–Kier alpha value is -1.95. The fourth-order valence-electron chi connectivity index (χ4n) is 1.82. The van der Waals surface area contributed by atoms with E-state index in [9.17, 15) is 13.6 Å². The Morgan fingerprint density at radius 2 is 1.90 bits per heavy atom. The molecule has 0 heterocycles. The fraction of sp³-hybridized carbons (Fsp3) is 0.133. The van der Waals surface area contributed by atoms with Crippen LogP contribution in [0.2, 0.25) is 0 Å². The van der Waals surface area contributed by atoms with E-state index in [1.807, 2.05) is 6.92 Å². The molecule has 2 aromatic rings. The highest BCUT2D eigenvalue weighted by molar-refractivity contribution is 9.10. The first-order chi connectivity index (χ1) is 9.93. The van der Waals surface area contributed by atoms with E-state index in [4.69, 9.17) is 10.5 Å². The van der Waals surface area contributed by atoms with E-state index in [1.54, 1.807) is 12.1 Å². The van der Waals surface area contributed by atoms with Gasteiger partial charge in [0.1, 0.15) is 17.4 Å². The molecule has 2 N–H and O–H groups in total. The Bertz CT molecular complexity index is 704. The van der Waals surface area contributed by atoms with Crippen LogP contribution in [-0.2, 0) is 0 Å². The second kappa shape index (κ2) is 6.22. The number of nitrogens with two attached hydrogens (primary N) is 1. The maximum absolute atomic E-state index is 13.7. The number of hydrogen-bond acceptors (Lipinski definition) is 3. The predicted molar refractivity (Wildman–Crippen MR) is 79.5 cm³/mol. The molecular weight excluding hydrogens is 344 g/mol. The number of carbonyl (C=O) groups excluding carboxylic acids is 1. The van der Waals surface area contributed by atoms with Crippen molar-refractivity contribution in [3.8, 4) is 5.75 Å². The van der Waals surface area contributed by atoms with Crippen molar-refractivity contribution < 1.29 is 18.3 Å². The van der Waals surface area contributed by atoms with E-state index < -0.39 is 17.4 Å². The number of carbonyl (C=O) groups is 1. The smallest absolute Gasteiger partial charge is 0.197 e. The highest BCUT2D eigenvalue weighted by atomic mass is 79.9. The number of anilines is 1. The van der Waals surface area contributed by atoms with E-state index in [2.05, 4.69) is 15.9 Å². The lowest BCUT2D eigenvalue weighted by atomic mass is 10.0. The van der Waals surface area contributed by atoms with Crippen LogP contribution in [0.15, 0.2) is 34.8 Å². The Labute approximate surface area is 128 Å². The van der Waals surface area contributed by atoms with Gasteiger partial charge in [0.05, 0.1) is 17.9 Å². The predicted octanol–water partition coefficient (Wildman–Crippen LogP) is 3.94. The maximum Gasteiger partial charge on any atom is 0.197 e. The third-order valence-corrected chi connectivity index (χ3v) is 3.48. The van der Waals surface area contributed by atoms with Gasteiger partial charge in [-0.3, -0.25) is 4.79 Å². The van der Waals surface area contributed by atoms with Gasteiger partial charge in [0, 0.05) is 16.1 Å². The molecule has 0 atom stereocenters. The zero-order valence-corrected chi connectivity index (χ0v) is 12.7. The number of ether oxygens (including phenoxy) is 1. The standard InChI is InChI=1S/C15H12BrF2NO2/c1-2-21-8-3-4-9(11(16)5-8)15(20)10-6-14(19)13(18)7-12(10)17/h3-7H,2,19H2,1H3. The van der Waals surface area contributed by atoms with Crippen LogP contribution in [0.25, 0.3) is 0 Å². The summed E-state index contributed by atoms with van der Waals surface area (Å²) >= 11 is 3.24. The third kappa shape index (κ3) is 3.21. The molecule has 0 unspecified atom stereocenters. The largest absolute Gasteiger partial charge is 0.494 e. The molecule has 0 saturated heterocycles. The quantitative estimate of drug-likeness (QED) is 0.667. The summed E-state index contributed by atoms with van der Waals surface area (Å²) in [6, 6.07) is 6.32. The van der Waals surface area contributed by atoms with E-state index in [1.165, 1.54) is 6.07 Å². The molecule has 0 saturated carbocycles. The Morgan fingerprint density at radius 1 is 1.19 bits per heavy atom. The van der Waals surface area contributed by atoms with Gasteiger partial charge in [0.2, 0.25) is 0 Å². The summed E-state index contributed by atoms with van der Waals surface area (Å²) in [7, 11) is 0. The van der Waals surface area contributed by atoms with E-state index in [0.717, 1.165) is 6.07 Å². The molecule has 0 amide bonds. The van der Waals surface area contributed by atoms with Gasteiger partial charge in [0.15, 0.2) is 5.78 Å². The van der Waals surface area contributed by atoms with E-state index in [-0.39, 0.29) is 16.8 Å². The van der Waals surface area contributed by atoms with Gasteiger partial charge in [-0.15, -0.1) is 0 Å². The SMILES string of the molecule is CCOc1ccc(C(=O)c2cc(N)c(F)cc2F)c(Br)c1. The fourth-order valence-corrected chi connectivity index (χ4v) is 2.36. The topological polar surface area (TPSA) is 52.3 Å². The highest BCUT2D eigenvalue weighted by Gasteiger charge is 2.19. The van der Waals surface area contributed by atoms with Crippen LogP contribution in [0.4, 0.5) is 14.5 Å². The van der Waals surface area contributed by atoms with E-state index >= 15 is 0 Å². The van der Waals surface area contributed by atoms with Crippen molar-refractivity contribution in [2.24, 2.45) is 0 Å². The van der Waals surface area contributed by atoms with Crippen molar-refractivity contribution in [3.05, 3.63) is 57.6 Å². The maximum atomic E-state index is 13.7. The van der Waals surface area contributed by atoms with Crippen LogP contribution in [0.1, 0.15) is 22.8 Å². The molecular formula is C15H12BrF2NO2.